The summed E-state index contributed by atoms with van der Waals surface area (Å²) in [5.74, 6) is -1.27. The van der Waals surface area contributed by atoms with Gasteiger partial charge in [0.05, 0.1) is 6.61 Å². The molecule has 7 N–H and O–H groups in total. The third-order valence-corrected chi connectivity index (χ3v) is 11.9. The smallest absolute Gasteiger partial charge is 0.462 e. The van der Waals surface area contributed by atoms with E-state index in [0.29, 0.717) is 19.3 Å². The number of phosphoric ester groups is 2. The molecule has 0 heterocycles. The first-order valence-corrected chi connectivity index (χ1v) is 26.2. The fraction of sp³-hybridized carbons (Fsp3) is 0.778. The number of phosphoric acid groups is 2. The molecule has 0 amide bonds. The highest BCUT2D eigenvalue weighted by atomic mass is 31.2. The Kier molecular flexibility index (Phi) is 33.8. The maximum Gasteiger partial charge on any atom is 0.472 e. The molecule has 366 valence electrons. The van der Waals surface area contributed by atoms with Gasteiger partial charge < -0.3 is 44.6 Å². The van der Waals surface area contributed by atoms with Crippen molar-refractivity contribution >= 4 is 27.6 Å². The zero-order valence-electron chi connectivity index (χ0n) is 37.7. The minimum atomic E-state index is -5.37. The van der Waals surface area contributed by atoms with Crippen LogP contribution in [-0.4, -0.2) is 103 Å². The minimum absolute atomic E-state index is 0.0314. The molecule has 18 heteroatoms. The lowest BCUT2D eigenvalue weighted by Crippen LogP contribution is -2.64. The van der Waals surface area contributed by atoms with Gasteiger partial charge in [0, 0.05) is 12.8 Å². The van der Waals surface area contributed by atoms with Crippen LogP contribution in [0.1, 0.15) is 168 Å². The Bertz CT molecular complexity index is 1420. The summed E-state index contributed by atoms with van der Waals surface area (Å²) in [6.07, 6.45) is 25.1. The number of rotatable bonds is 38. The van der Waals surface area contributed by atoms with Gasteiger partial charge in [-0.05, 0) is 51.4 Å². The van der Waals surface area contributed by atoms with Gasteiger partial charge in [-0.15, -0.1) is 0 Å². The third kappa shape index (κ3) is 30.7. The maximum atomic E-state index is 13.0. The van der Waals surface area contributed by atoms with Crippen molar-refractivity contribution in [2.45, 2.75) is 211 Å². The van der Waals surface area contributed by atoms with Crippen LogP contribution in [0.15, 0.2) is 48.6 Å². The summed E-state index contributed by atoms with van der Waals surface area (Å²) in [4.78, 5) is 54.2. The first-order valence-electron chi connectivity index (χ1n) is 23.2. The lowest BCUT2D eigenvalue weighted by atomic mass is 9.85. The highest BCUT2D eigenvalue weighted by Gasteiger charge is 2.54. The molecule has 1 saturated carbocycles. The Morgan fingerprint density at radius 3 is 1.44 bits per heavy atom. The van der Waals surface area contributed by atoms with Crippen molar-refractivity contribution in [2.24, 2.45) is 0 Å². The normalized spacial score (nSPS) is 22.4. The fourth-order valence-electron chi connectivity index (χ4n) is 6.78. The average molecular weight is 939 g/mol. The second-order valence-electron chi connectivity index (χ2n) is 16.1. The van der Waals surface area contributed by atoms with Gasteiger partial charge >= 0.3 is 27.6 Å². The Morgan fingerprint density at radius 2 is 0.937 bits per heavy atom. The van der Waals surface area contributed by atoms with Gasteiger partial charge in [-0.2, -0.15) is 0 Å². The van der Waals surface area contributed by atoms with Crippen LogP contribution in [0.3, 0.4) is 0 Å². The summed E-state index contributed by atoms with van der Waals surface area (Å²) in [5, 5.41) is 41.2. The van der Waals surface area contributed by atoms with Crippen molar-refractivity contribution in [2.75, 3.05) is 13.2 Å². The van der Waals surface area contributed by atoms with E-state index in [1.807, 2.05) is 12.2 Å². The lowest BCUT2D eigenvalue weighted by molar-refractivity contribution is -0.216. The summed E-state index contributed by atoms with van der Waals surface area (Å²) >= 11 is 0. The van der Waals surface area contributed by atoms with E-state index in [9.17, 15) is 44.0 Å². The molecule has 1 fully saturated rings. The Labute approximate surface area is 376 Å². The molecule has 0 aromatic rings. The van der Waals surface area contributed by atoms with E-state index in [4.69, 9.17) is 28.3 Å². The van der Waals surface area contributed by atoms with Crippen LogP contribution in [-0.2, 0) is 41.8 Å². The number of hydrogen-bond acceptors (Lipinski definition) is 13. The van der Waals surface area contributed by atoms with Crippen LogP contribution < -0.4 is 0 Å². The molecule has 0 radical (unpaired) electrons. The number of unbranched alkanes of at least 4 members (excludes halogenated alkanes) is 16. The van der Waals surface area contributed by atoms with Crippen molar-refractivity contribution < 1.29 is 76.9 Å². The zero-order chi connectivity index (χ0) is 46.8. The molecule has 0 aliphatic heterocycles. The van der Waals surface area contributed by atoms with Gasteiger partial charge in [0.1, 0.15) is 43.2 Å². The quantitative estimate of drug-likeness (QED) is 0.0132. The van der Waals surface area contributed by atoms with E-state index in [1.165, 1.54) is 70.6 Å². The van der Waals surface area contributed by atoms with E-state index in [2.05, 4.69) is 54.8 Å². The van der Waals surface area contributed by atoms with E-state index >= 15 is 0 Å². The topological polar surface area (TPSA) is 256 Å². The SMILES string of the molecule is CCCCC/C=C\C/C=C\C/C=C\C/C=C\CCCC(=O)O[C@H](COC(=O)CCCCCCCCCCCCCCC)COP(=O)(O)O[C@H]1C(O)C(O)C(O)[C@@H](OP(=O)(O)O)C1O. The summed E-state index contributed by atoms with van der Waals surface area (Å²) in [7, 11) is -10.7. The van der Waals surface area contributed by atoms with E-state index in [0.717, 1.165) is 51.4 Å². The molecule has 16 nitrogen and oxygen atoms in total. The minimum Gasteiger partial charge on any atom is -0.462 e. The molecule has 8 atom stereocenters. The molecule has 1 aliphatic carbocycles. The second kappa shape index (κ2) is 36.1. The molecular formula is C45H80O16P2. The van der Waals surface area contributed by atoms with E-state index in [-0.39, 0.29) is 12.8 Å². The summed E-state index contributed by atoms with van der Waals surface area (Å²) in [6.45, 7) is 3.03. The summed E-state index contributed by atoms with van der Waals surface area (Å²) < 4.78 is 49.3. The molecule has 0 bridgehead atoms. The van der Waals surface area contributed by atoms with Gasteiger partial charge in [-0.25, -0.2) is 9.13 Å². The van der Waals surface area contributed by atoms with E-state index in [1.54, 1.807) is 0 Å². The maximum absolute atomic E-state index is 13.0. The van der Waals surface area contributed by atoms with Crippen LogP contribution in [0.2, 0.25) is 0 Å². The van der Waals surface area contributed by atoms with Gasteiger partial charge in [-0.3, -0.25) is 23.2 Å². The summed E-state index contributed by atoms with van der Waals surface area (Å²) in [5.41, 5.74) is 0. The van der Waals surface area contributed by atoms with Crippen LogP contribution in [0.25, 0.3) is 0 Å². The third-order valence-electron chi connectivity index (χ3n) is 10.4. The molecule has 1 aliphatic rings. The molecule has 0 spiro atoms. The number of ether oxygens (including phenoxy) is 2. The largest absolute Gasteiger partial charge is 0.472 e. The molecule has 0 saturated heterocycles. The van der Waals surface area contributed by atoms with Crippen molar-refractivity contribution in [1.82, 2.24) is 0 Å². The van der Waals surface area contributed by atoms with Crippen molar-refractivity contribution in [3.63, 3.8) is 0 Å². The summed E-state index contributed by atoms with van der Waals surface area (Å²) in [6, 6.07) is 0. The number of aliphatic hydroxyl groups excluding tert-OH is 4. The lowest BCUT2D eigenvalue weighted by Gasteiger charge is -2.43. The first kappa shape index (κ1) is 59.0. The second-order valence-corrected chi connectivity index (χ2v) is 18.7. The standard InChI is InChI=1S/C45H80O16P2/c1-3-5-7-9-11-13-15-17-18-19-20-22-24-26-28-30-32-34-39(47)59-37(35-57-38(46)33-31-29-27-25-23-21-16-14-12-10-8-6-4-2)36-58-63(55,56)61-45-42(50)40(48)41(49)44(43(45)51)60-62(52,53)54/h11,13,17-18,20,22,26,28,37,40-45,48-51H,3-10,12,14-16,19,21,23-25,27,29-36H2,1-2H3,(H,55,56)(H2,52,53,54)/b13-11-,18-17-,22-20-,28-26-/t37-,40?,41?,42?,43?,44-,45+/m1/s1. The molecular weight excluding hydrogens is 858 g/mol. The fourth-order valence-corrected chi connectivity index (χ4v) is 8.32. The number of carbonyl (C=O) groups excluding carboxylic acids is 2. The van der Waals surface area contributed by atoms with Gasteiger partial charge in [-0.1, -0.05) is 152 Å². The molecule has 63 heavy (non-hydrogen) atoms. The molecule has 0 aromatic heterocycles. The number of allylic oxidation sites excluding steroid dienone is 8. The van der Waals surface area contributed by atoms with Crippen molar-refractivity contribution in [3.05, 3.63) is 48.6 Å². The Morgan fingerprint density at radius 1 is 0.508 bits per heavy atom. The molecule has 1 rings (SSSR count). The first-order chi connectivity index (χ1) is 30.1. The predicted octanol–water partition coefficient (Wildman–Crippen LogP) is 8.51. The number of hydrogen-bond donors (Lipinski definition) is 7. The Hall–Kier alpha value is -2.04. The van der Waals surface area contributed by atoms with Crippen molar-refractivity contribution in [3.8, 4) is 0 Å². The average Bonchev–Trinajstić information content (AvgIpc) is 3.23. The van der Waals surface area contributed by atoms with Gasteiger partial charge in [0.15, 0.2) is 6.10 Å². The van der Waals surface area contributed by atoms with Gasteiger partial charge in [0.2, 0.25) is 0 Å². The van der Waals surface area contributed by atoms with Crippen LogP contribution in [0, 0.1) is 0 Å². The number of esters is 2. The monoisotopic (exact) mass is 938 g/mol. The van der Waals surface area contributed by atoms with Crippen LogP contribution in [0.4, 0.5) is 0 Å². The van der Waals surface area contributed by atoms with Crippen molar-refractivity contribution in [1.29, 1.82) is 0 Å². The number of aliphatic hydroxyl groups is 4. The predicted molar refractivity (Wildman–Crippen MR) is 241 cm³/mol. The van der Waals surface area contributed by atoms with E-state index < -0.39 is 83.5 Å². The molecule has 5 unspecified atom stereocenters. The zero-order valence-corrected chi connectivity index (χ0v) is 39.5. The van der Waals surface area contributed by atoms with Crippen LogP contribution >= 0.6 is 15.6 Å². The number of carbonyl (C=O) groups is 2. The van der Waals surface area contributed by atoms with Crippen LogP contribution in [0.5, 0.6) is 0 Å². The Balaban J connectivity index is 2.65. The highest BCUT2D eigenvalue weighted by molar-refractivity contribution is 7.47. The highest BCUT2D eigenvalue weighted by Crippen LogP contribution is 2.49. The van der Waals surface area contributed by atoms with Gasteiger partial charge in [0.25, 0.3) is 0 Å². The molecule has 0 aromatic carbocycles.